The van der Waals surface area contributed by atoms with Gasteiger partial charge in [0.25, 0.3) is 0 Å². The average molecular weight is 246 g/mol. The van der Waals surface area contributed by atoms with E-state index in [9.17, 15) is 4.79 Å². The van der Waals surface area contributed by atoms with Gasteiger partial charge in [-0.05, 0) is 5.92 Å². The van der Waals surface area contributed by atoms with Gasteiger partial charge in [-0.1, -0.05) is 13.8 Å². The van der Waals surface area contributed by atoms with Gasteiger partial charge >= 0.3 is 0 Å². The Morgan fingerprint density at radius 1 is 1.62 bits per heavy atom. The highest BCUT2D eigenvalue weighted by Crippen LogP contribution is 2.12. The molecule has 0 saturated carbocycles. The Morgan fingerprint density at radius 2 is 2.38 bits per heavy atom. The average Bonchev–Trinajstić information content (AvgIpc) is 2.76. The van der Waals surface area contributed by atoms with Crippen LogP contribution in [0.1, 0.15) is 13.8 Å². The van der Waals surface area contributed by atoms with Crippen molar-refractivity contribution < 1.29 is 9.53 Å². The minimum absolute atomic E-state index is 0.000561. The van der Waals surface area contributed by atoms with Crippen LogP contribution in [0.3, 0.4) is 0 Å². The fourth-order valence-corrected chi connectivity index (χ4v) is 2.64. The summed E-state index contributed by atoms with van der Waals surface area (Å²) in [6, 6.07) is 0.000561. The van der Waals surface area contributed by atoms with Gasteiger partial charge in [-0.3, -0.25) is 10.1 Å². The van der Waals surface area contributed by atoms with E-state index in [1.807, 2.05) is 4.90 Å². The van der Waals surface area contributed by atoms with E-state index in [0.29, 0.717) is 19.1 Å². The van der Waals surface area contributed by atoms with Crippen LogP contribution in [0.5, 0.6) is 0 Å². The number of methoxy groups -OCH3 is 1. The number of ether oxygens (including phenoxy) is 1. The fraction of sp³-hybridized carbons (Fsp3) is 0.909. The highest BCUT2D eigenvalue weighted by molar-refractivity contribution is 7.99. The Labute approximate surface area is 102 Å². The summed E-state index contributed by atoms with van der Waals surface area (Å²) >= 11 is 1.78. The smallest absolute Gasteiger partial charge is 0.240 e. The van der Waals surface area contributed by atoms with Crippen molar-refractivity contribution in [3.8, 4) is 0 Å². The Balaban J connectivity index is 2.48. The molecule has 1 unspecified atom stereocenters. The number of rotatable bonds is 6. The zero-order valence-corrected chi connectivity index (χ0v) is 11.2. The van der Waals surface area contributed by atoms with Gasteiger partial charge in [0.2, 0.25) is 5.91 Å². The summed E-state index contributed by atoms with van der Waals surface area (Å²) in [6.45, 7) is 6.37. The van der Waals surface area contributed by atoms with Crippen molar-refractivity contribution in [3.63, 3.8) is 0 Å². The molecule has 1 amide bonds. The van der Waals surface area contributed by atoms with E-state index in [1.54, 1.807) is 18.9 Å². The van der Waals surface area contributed by atoms with Gasteiger partial charge < -0.3 is 9.64 Å². The van der Waals surface area contributed by atoms with Crippen LogP contribution in [-0.2, 0) is 9.53 Å². The number of nitrogens with one attached hydrogen (secondary N) is 1. The SMILES string of the molecule is COCCN(CC(C)C)C(=O)C1CSCN1. The summed E-state index contributed by atoms with van der Waals surface area (Å²) in [5, 5.41) is 3.22. The highest BCUT2D eigenvalue weighted by atomic mass is 32.2. The second-order valence-corrected chi connectivity index (χ2v) is 5.47. The van der Waals surface area contributed by atoms with Crippen LogP contribution in [0.15, 0.2) is 0 Å². The molecule has 0 bridgehead atoms. The van der Waals surface area contributed by atoms with Crippen molar-refractivity contribution >= 4 is 17.7 Å². The molecule has 0 aliphatic carbocycles. The second kappa shape index (κ2) is 7.14. The van der Waals surface area contributed by atoms with E-state index in [4.69, 9.17) is 4.74 Å². The van der Waals surface area contributed by atoms with E-state index in [-0.39, 0.29) is 11.9 Å². The molecule has 1 atom stereocenters. The molecule has 1 fully saturated rings. The summed E-state index contributed by atoms with van der Waals surface area (Å²) in [5.41, 5.74) is 0. The molecular weight excluding hydrogens is 224 g/mol. The molecule has 1 N–H and O–H groups in total. The first-order valence-corrected chi connectivity index (χ1v) is 6.89. The molecule has 5 heteroatoms. The van der Waals surface area contributed by atoms with E-state index >= 15 is 0 Å². The van der Waals surface area contributed by atoms with Crippen LogP contribution in [0.25, 0.3) is 0 Å². The lowest BCUT2D eigenvalue weighted by molar-refractivity contribution is -0.133. The number of thioether (sulfide) groups is 1. The zero-order valence-electron chi connectivity index (χ0n) is 10.4. The fourth-order valence-electron chi connectivity index (χ4n) is 1.71. The van der Waals surface area contributed by atoms with Crippen molar-refractivity contribution in [2.45, 2.75) is 19.9 Å². The molecule has 1 saturated heterocycles. The lowest BCUT2D eigenvalue weighted by Crippen LogP contribution is -2.47. The molecule has 0 aromatic rings. The summed E-state index contributed by atoms with van der Waals surface area (Å²) in [6.07, 6.45) is 0. The monoisotopic (exact) mass is 246 g/mol. The van der Waals surface area contributed by atoms with E-state index < -0.39 is 0 Å². The summed E-state index contributed by atoms with van der Waals surface area (Å²) in [5.74, 6) is 2.49. The normalized spacial score (nSPS) is 20.4. The first kappa shape index (κ1) is 13.8. The Bertz CT molecular complexity index is 218. The molecule has 0 radical (unpaired) electrons. The van der Waals surface area contributed by atoms with Crippen molar-refractivity contribution in [3.05, 3.63) is 0 Å². The molecular formula is C11H22N2O2S. The predicted octanol–water partition coefficient (Wildman–Crippen LogP) is 0.780. The van der Waals surface area contributed by atoms with Crippen LogP contribution in [0, 0.1) is 5.92 Å². The van der Waals surface area contributed by atoms with Crippen LogP contribution in [-0.4, -0.2) is 55.3 Å². The van der Waals surface area contributed by atoms with Gasteiger partial charge in [0.15, 0.2) is 0 Å². The number of amides is 1. The second-order valence-electron chi connectivity index (χ2n) is 4.44. The largest absolute Gasteiger partial charge is 0.383 e. The molecule has 4 nitrogen and oxygen atoms in total. The van der Waals surface area contributed by atoms with E-state index in [1.165, 1.54) is 0 Å². The highest BCUT2D eigenvalue weighted by Gasteiger charge is 2.27. The third kappa shape index (κ3) is 4.31. The first-order valence-electron chi connectivity index (χ1n) is 5.74. The number of carbonyl (C=O) groups is 1. The first-order chi connectivity index (χ1) is 7.65. The predicted molar refractivity (Wildman–Crippen MR) is 67.5 cm³/mol. The van der Waals surface area contributed by atoms with Gasteiger partial charge in [-0.25, -0.2) is 0 Å². The zero-order chi connectivity index (χ0) is 12.0. The van der Waals surface area contributed by atoms with E-state index in [2.05, 4.69) is 19.2 Å². The summed E-state index contributed by atoms with van der Waals surface area (Å²) in [7, 11) is 1.67. The third-order valence-electron chi connectivity index (χ3n) is 2.48. The molecule has 1 rings (SSSR count). The van der Waals surface area contributed by atoms with Crippen molar-refractivity contribution in [1.29, 1.82) is 0 Å². The van der Waals surface area contributed by atoms with Gasteiger partial charge in [-0.15, -0.1) is 11.8 Å². The van der Waals surface area contributed by atoms with E-state index in [0.717, 1.165) is 18.2 Å². The van der Waals surface area contributed by atoms with Gasteiger partial charge in [0.05, 0.1) is 12.6 Å². The van der Waals surface area contributed by atoms with Gasteiger partial charge in [0.1, 0.15) is 0 Å². The number of hydrogen-bond acceptors (Lipinski definition) is 4. The maximum atomic E-state index is 12.2. The van der Waals surface area contributed by atoms with Crippen molar-refractivity contribution in [2.75, 3.05) is 38.4 Å². The topological polar surface area (TPSA) is 41.6 Å². The molecule has 0 aromatic heterocycles. The Morgan fingerprint density at radius 3 is 2.88 bits per heavy atom. The molecule has 1 aliphatic rings. The molecule has 0 aromatic carbocycles. The van der Waals surface area contributed by atoms with Crippen molar-refractivity contribution in [1.82, 2.24) is 10.2 Å². The molecule has 1 aliphatic heterocycles. The molecule has 0 spiro atoms. The number of carbonyl (C=O) groups excluding carboxylic acids is 1. The van der Waals surface area contributed by atoms with Crippen LogP contribution in [0.4, 0.5) is 0 Å². The Hall–Kier alpha value is -0.260. The van der Waals surface area contributed by atoms with Gasteiger partial charge in [-0.2, -0.15) is 0 Å². The maximum Gasteiger partial charge on any atom is 0.240 e. The number of nitrogens with zero attached hydrogens (tertiary/aromatic N) is 1. The van der Waals surface area contributed by atoms with Crippen LogP contribution < -0.4 is 5.32 Å². The van der Waals surface area contributed by atoms with Crippen LogP contribution >= 0.6 is 11.8 Å². The molecule has 1 heterocycles. The van der Waals surface area contributed by atoms with Crippen LogP contribution in [0.2, 0.25) is 0 Å². The minimum Gasteiger partial charge on any atom is -0.383 e. The summed E-state index contributed by atoms with van der Waals surface area (Å²) < 4.78 is 5.05. The molecule has 16 heavy (non-hydrogen) atoms. The quantitative estimate of drug-likeness (QED) is 0.752. The summed E-state index contributed by atoms with van der Waals surface area (Å²) in [4.78, 5) is 14.1. The van der Waals surface area contributed by atoms with Crippen molar-refractivity contribution in [2.24, 2.45) is 5.92 Å². The van der Waals surface area contributed by atoms with Gasteiger partial charge in [0, 0.05) is 31.8 Å². The third-order valence-corrected chi connectivity index (χ3v) is 3.42. The number of hydrogen-bond donors (Lipinski definition) is 1. The Kier molecular flexibility index (Phi) is 6.16. The molecule has 94 valence electrons. The standard InChI is InChI=1S/C11H22N2O2S/c1-9(2)6-13(4-5-15-3)11(14)10-7-16-8-12-10/h9-10,12H,4-8H2,1-3H3. The minimum atomic E-state index is 0.000561. The lowest BCUT2D eigenvalue weighted by atomic mass is 10.2. The maximum absolute atomic E-state index is 12.2. The lowest BCUT2D eigenvalue weighted by Gasteiger charge is -2.26.